The van der Waals surface area contributed by atoms with Crippen molar-refractivity contribution in [3.05, 3.63) is 51.9 Å². The Bertz CT molecular complexity index is 1040. The van der Waals surface area contributed by atoms with Gasteiger partial charge < -0.3 is 15.5 Å². The first-order valence-corrected chi connectivity index (χ1v) is 12.9. The first-order valence-electron chi connectivity index (χ1n) is 12.1. The average Bonchev–Trinajstić information content (AvgIpc) is 3.18. The number of amides is 2. The Hall–Kier alpha value is -2.73. The van der Waals surface area contributed by atoms with Crippen LogP contribution in [0.4, 0.5) is 5.00 Å². The highest BCUT2D eigenvalue weighted by Crippen LogP contribution is 2.39. The number of nitriles is 1. The second kappa shape index (κ2) is 11.6. The van der Waals surface area contributed by atoms with E-state index < -0.39 is 0 Å². The Morgan fingerprint density at radius 3 is 2.59 bits per heavy atom. The van der Waals surface area contributed by atoms with E-state index in [0.29, 0.717) is 37.5 Å². The van der Waals surface area contributed by atoms with Crippen molar-refractivity contribution in [2.75, 3.05) is 44.6 Å². The van der Waals surface area contributed by atoms with Gasteiger partial charge >= 0.3 is 0 Å². The van der Waals surface area contributed by atoms with Crippen LogP contribution in [0.15, 0.2) is 30.3 Å². The molecular formula is C26H33N5O2S. The second-order valence-electron chi connectivity index (χ2n) is 9.35. The van der Waals surface area contributed by atoms with E-state index in [1.54, 1.807) is 11.3 Å². The van der Waals surface area contributed by atoms with Crippen LogP contribution in [-0.2, 0) is 29.0 Å². The summed E-state index contributed by atoms with van der Waals surface area (Å²) in [5, 5.41) is 16.3. The van der Waals surface area contributed by atoms with E-state index in [-0.39, 0.29) is 11.8 Å². The van der Waals surface area contributed by atoms with Gasteiger partial charge in [-0.3, -0.25) is 14.5 Å². The van der Waals surface area contributed by atoms with Gasteiger partial charge in [0, 0.05) is 50.6 Å². The minimum Gasteiger partial charge on any atom is -0.351 e. The van der Waals surface area contributed by atoms with Gasteiger partial charge in [0.1, 0.15) is 11.1 Å². The fourth-order valence-electron chi connectivity index (χ4n) is 4.63. The molecule has 0 spiro atoms. The summed E-state index contributed by atoms with van der Waals surface area (Å²) in [5.41, 5.74) is 2.90. The molecule has 8 heteroatoms. The molecule has 7 nitrogen and oxygen atoms in total. The predicted molar refractivity (Wildman–Crippen MR) is 135 cm³/mol. The van der Waals surface area contributed by atoms with Gasteiger partial charge in [-0.05, 0) is 36.3 Å². The van der Waals surface area contributed by atoms with Crippen molar-refractivity contribution in [2.45, 2.75) is 39.2 Å². The number of hydrogen-bond donors (Lipinski definition) is 2. The fourth-order valence-corrected chi connectivity index (χ4v) is 6.01. The topological polar surface area (TPSA) is 88.5 Å². The number of thiophene rings is 1. The summed E-state index contributed by atoms with van der Waals surface area (Å²) in [6.45, 7) is 7.19. The van der Waals surface area contributed by atoms with Crippen LogP contribution < -0.4 is 10.6 Å². The first kappa shape index (κ1) is 24.4. The lowest BCUT2D eigenvalue weighted by atomic mass is 9.89. The summed E-state index contributed by atoms with van der Waals surface area (Å²) in [5.74, 6) is 0.638. The molecular weight excluding hydrogens is 446 g/mol. The van der Waals surface area contributed by atoms with Crippen LogP contribution in [0.25, 0.3) is 0 Å². The van der Waals surface area contributed by atoms with E-state index in [1.165, 1.54) is 4.88 Å². The number of rotatable bonds is 8. The van der Waals surface area contributed by atoms with Gasteiger partial charge in [-0.15, -0.1) is 11.3 Å². The maximum Gasteiger partial charge on any atom is 0.234 e. The van der Waals surface area contributed by atoms with E-state index in [1.807, 2.05) is 30.3 Å². The maximum atomic E-state index is 12.6. The smallest absolute Gasteiger partial charge is 0.234 e. The van der Waals surface area contributed by atoms with Gasteiger partial charge in [0.25, 0.3) is 0 Å². The third-order valence-electron chi connectivity index (χ3n) is 6.70. The number of benzene rings is 1. The molecule has 0 bridgehead atoms. The summed E-state index contributed by atoms with van der Waals surface area (Å²) >= 11 is 1.58. The molecule has 0 saturated carbocycles. The quantitative estimate of drug-likeness (QED) is 0.608. The van der Waals surface area contributed by atoms with Crippen LogP contribution in [0.3, 0.4) is 0 Å². The molecule has 1 atom stereocenters. The van der Waals surface area contributed by atoms with E-state index in [4.69, 9.17) is 0 Å². The molecule has 1 aliphatic heterocycles. The number of anilines is 1. The minimum absolute atomic E-state index is 0.0362. The van der Waals surface area contributed by atoms with Crippen molar-refractivity contribution >= 4 is 28.2 Å². The molecule has 1 aromatic heterocycles. The number of carbonyl (C=O) groups is 2. The SMILES string of the molecule is CC1CCc2c(sc(NC(=O)CCN3CCN(CC(=O)NCc4ccccc4)CC3)c2C#N)C1. The van der Waals surface area contributed by atoms with E-state index in [9.17, 15) is 14.9 Å². The van der Waals surface area contributed by atoms with Crippen LogP contribution in [0.2, 0.25) is 0 Å². The zero-order valence-electron chi connectivity index (χ0n) is 19.8. The Labute approximate surface area is 205 Å². The lowest BCUT2D eigenvalue weighted by Gasteiger charge is -2.34. The summed E-state index contributed by atoms with van der Waals surface area (Å²) < 4.78 is 0. The molecule has 1 fully saturated rings. The highest BCUT2D eigenvalue weighted by molar-refractivity contribution is 7.16. The Kier molecular flexibility index (Phi) is 8.33. The Balaban J connectivity index is 1.16. The highest BCUT2D eigenvalue weighted by Gasteiger charge is 2.25. The van der Waals surface area contributed by atoms with Gasteiger partial charge in [0.2, 0.25) is 11.8 Å². The third kappa shape index (κ3) is 6.44. The molecule has 34 heavy (non-hydrogen) atoms. The normalized spacial score (nSPS) is 18.6. The van der Waals surface area contributed by atoms with Gasteiger partial charge in [-0.2, -0.15) is 5.26 Å². The van der Waals surface area contributed by atoms with Crippen LogP contribution >= 0.6 is 11.3 Å². The molecule has 2 aliphatic rings. The molecule has 0 radical (unpaired) electrons. The molecule has 1 unspecified atom stereocenters. The van der Waals surface area contributed by atoms with Crippen LogP contribution in [-0.4, -0.2) is 60.9 Å². The van der Waals surface area contributed by atoms with Crippen molar-refractivity contribution in [1.82, 2.24) is 15.1 Å². The van der Waals surface area contributed by atoms with Crippen molar-refractivity contribution in [2.24, 2.45) is 5.92 Å². The first-order chi connectivity index (χ1) is 16.5. The Morgan fingerprint density at radius 1 is 1.12 bits per heavy atom. The Morgan fingerprint density at radius 2 is 1.85 bits per heavy atom. The molecule has 1 saturated heterocycles. The molecule has 2 aromatic rings. The van der Waals surface area contributed by atoms with Crippen molar-refractivity contribution in [3.8, 4) is 6.07 Å². The number of nitrogens with one attached hydrogen (secondary N) is 2. The van der Waals surface area contributed by atoms with Gasteiger partial charge in [-0.1, -0.05) is 37.3 Å². The third-order valence-corrected chi connectivity index (χ3v) is 7.87. The van der Waals surface area contributed by atoms with Crippen molar-refractivity contribution in [1.29, 1.82) is 5.26 Å². The summed E-state index contributed by atoms with van der Waals surface area (Å²) in [4.78, 5) is 30.5. The molecule has 2 heterocycles. The van der Waals surface area contributed by atoms with E-state index >= 15 is 0 Å². The number of fused-ring (bicyclic) bond motifs is 1. The van der Waals surface area contributed by atoms with Crippen LogP contribution in [0.1, 0.15) is 41.3 Å². The van der Waals surface area contributed by atoms with E-state index in [2.05, 4.69) is 33.4 Å². The lowest BCUT2D eigenvalue weighted by molar-refractivity contribution is -0.122. The zero-order chi connectivity index (χ0) is 23.9. The number of piperazine rings is 1. The molecule has 2 amide bonds. The summed E-state index contributed by atoms with van der Waals surface area (Å²) in [7, 11) is 0. The maximum absolute atomic E-state index is 12.6. The second-order valence-corrected chi connectivity index (χ2v) is 10.5. The standard InChI is InChI=1S/C26H33N5O2S/c1-19-7-8-21-22(16-27)26(34-23(21)15-19)29-24(32)9-10-30-11-13-31(14-12-30)18-25(33)28-17-20-5-3-2-4-6-20/h2-6,19H,7-15,17-18H2,1H3,(H,28,33)(H,29,32). The molecule has 180 valence electrons. The van der Waals surface area contributed by atoms with Gasteiger partial charge in [0.05, 0.1) is 12.1 Å². The van der Waals surface area contributed by atoms with Crippen LogP contribution in [0, 0.1) is 17.2 Å². The highest BCUT2D eigenvalue weighted by atomic mass is 32.1. The van der Waals surface area contributed by atoms with Gasteiger partial charge in [-0.25, -0.2) is 0 Å². The van der Waals surface area contributed by atoms with Crippen molar-refractivity contribution in [3.63, 3.8) is 0 Å². The molecule has 1 aromatic carbocycles. The number of nitrogens with zero attached hydrogens (tertiary/aromatic N) is 3. The number of carbonyl (C=O) groups excluding carboxylic acids is 2. The number of hydrogen-bond acceptors (Lipinski definition) is 6. The van der Waals surface area contributed by atoms with Crippen LogP contribution in [0.5, 0.6) is 0 Å². The summed E-state index contributed by atoms with van der Waals surface area (Å²) in [6.07, 6.45) is 3.44. The van der Waals surface area contributed by atoms with Gasteiger partial charge in [0.15, 0.2) is 0 Å². The monoisotopic (exact) mass is 479 g/mol. The largest absolute Gasteiger partial charge is 0.351 e. The predicted octanol–water partition coefficient (Wildman–Crippen LogP) is 3.01. The van der Waals surface area contributed by atoms with Crippen molar-refractivity contribution < 1.29 is 9.59 Å². The molecule has 4 rings (SSSR count). The average molecular weight is 480 g/mol. The lowest BCUT2D eigenvalue weighted by Crippen LogP contribution is -2.49. The molecule has 1 aliphatic carbocycles. The zero-order valence-corrected chi connectivity index (χ0v) is 20.6. The molecule has 2 N–H and O–H groups in total. The fraction of sp³-hybridized carbons (Fsp3) is 0.500. The van der Waals surface area contributed by atoms with E-state index in [0.717, 1.165) is 61.6 Å². The minimum atomic E-state index is -0.0362. The summed E-state index contributed by atoms with van der Waals surface area (Å²) in [6, 6.07) is 12.2.